The summed E-state index contributed by atoms with van der Waals surface area (Å²) in [4.78, 5) is 3.61. The van der Waals surface area contributed by atoms with E-state index in [4.69, 9.17) is 0 Å². The molecule has 0 unspecified atom stereocenters. The average Bonchev–Trinajstić information content (AvgIpc) is 3.21. The van der Waals surface area contributed by atoms with Crippen LogP contribution in [0, 0.1) is 0 Å². The van der Waals surface area contributed by atoms with E-state index < -0.39 is 0 Å². The van der Waals surface area contributed by atoms with E-state index in [0.717, 1.165) is 0 Å². The molecular formula is C30H19N. The van der Waals surface area contributed by atoms with E-state index in [9.17, 15) is 0 Å². The Bertz CT molecular complexity index is 1770. The molecule has 1 aromatic heterocycles. The lowest BCUT2D eigenvalue weighted by Gasteiger charge is -2.12. The van der Waals surface area contributed by atoms with E-state index in [2.05, 4.69) is 114 Å². The van der Waals surface area contributed by atoms with Crippen molar-refractivity contribution in [3.05, 3.63) is 108 Å². The number of H-pyrrole nitrogens is 1. The monoisotopic (exact) mass is 393 g/mol. The molecule has 0 saturated carbocycles. The lowest BCUT2D eigenvalue weighted by atomic mass is 9.92. The molecule has 144 valence electrons. The van der Waals surface area contributed by atoms with E-state index in [1.807, 2.05) is 0 Å². The number of benzene rings is 6. The van der Waals surface area contributed by atoms with Crippen molar-refractivity contribution in [1.82, 2.24) is 4.98 Å². The minimum absolute atomic E-state index is 1.18. The number of aromatic nitrogens is 1. The van der Waals surface area contributed by atoms with Crippen LogP contribution in [-0.4, -0.2) is 4.98 Å². The first-order valence-electron chi connectivity index (χ1n) is 10.7. The molecular weight excluding hydrogens is 374 g/mol. The molecule has 1 nitrogen and oxygen atoms in total. The molecule has 0 radical (unpaired) electrons. The number of fused-ring (bicyclic) bond motifs is 3. The van der Waals surface area contributed by atoms with Crippen LogP contribution < -0.4 is 0 Å². The smallest absolute Gasteiger partial charge is 0.0538 e. The molecule has 0 saturated heterocycles. The van der Waals surface area contributed by atoms with Crippen LogP contribution in [0.25, 0.3) is 66.3 Å². The molecule has 0 aliphatic carbocycles. The fraction of sp³-hybridized carbons (Fsp3) is 0. The highest BCUT2D eigenvalue weighted by Gasteiger charge is 2.10. The van der Waals surface area contributed by atoms with Crippen molar-refractivity contribution in [1.29, 1.82) is 0 Å². The van der Waals surface area contributed by atoms with Gasteiger partial charge >= 0.3 is 0 Å². The Morgan fingerprint density at radius 1 is 0.452 bits per heavy atom. The maximum absolute atomic E-state index is 3.61. The number of para-hydroxylation sites is 2. The van der Waals surface area contributed by atoms with Crippen LogP contribution in [0.3, 0.4) is 0 Å². The molecule has 0 bridgehead atoms. The Kier molecular flexibility index (Phi) is 3.33. The Hall–Kier alpha value is -4.10. The predicted octanol–water partition coefficient (Wildman–Crippen LogP) is 8.39. The van der Waals surface area contributed by atoms with Crippen molar-refractivity contribution in [2.75, 3.05) is 0 Å². The van der Waals surface area contributed by atoms with Gasteiger partial charge in [0, 0.05) is 16.3 Å². The number of hydrogen-bond donors (Lipinski definition) is 1. The fourth-order valence-corrected chi connectivity index (χ4v) is 5.12. The number of hydrogen-bond acceptors (Lipinski definition) is 0. The molecule has 6 aromatic carbocycles. The highest BCUT2D eigenvalue weighted by molar-refractivity contribution is 6.24. The Balaban J connectivity index is 1.45. The van der Waals surface area contributed by atoms with Gasteiger partial charge in [-0.2, -0.15) is 0 Å². The van der Waals surface area contributed by atoms with Gasteiger partial charge in [0.15, 0.2) is 0 Å². The first-order chi connectivity index (χ1) is 15.4. The van der Waals surface area contributed by atoms with Gasteiger partial charge in [-0.25, -0.2) is 0 Å². The summed E-state index contributed by atoms with van der Waals surface area (Å²) in [5, 5.41) is 10.5. The molecule has 0 spiro atoms. The zero-order valence-corrected chi connectivity index (χ0v) is 16.9. The lowest BCUT2D eigenvalue weighted by Crippen LogP contribution is -1.86. The molecule has 31 heavy (non-hydrogen) atoms. The summed E-state index contributed by atoms with van der Waals surface area (Å²) < 4.78 is 0. The van der Waals surface area contributed by atoms with Crippen LogP contribution >= 0.6 is 0 Å². The lowest BCUT2D eigenvalue weighted by molar-refractivity contribution is 1.53. The van der Waals surface area contributed by atoms with Crippen molar-refractivity contribution in [3.8, 4) is 0 Å². The highest BCUT2D eigenvalue weighted by Crippen LogP contribution is 2.36. The SMILES string of the molecule is C(=Cc1cccc2c1[nH]c1ccccc12)c1ccc2ccc3cccc4ccc1c2c34. The van der Waals surface area contributed by atoms with E-state index >= 15 is 0 Å². The van der Waals surface area contributed by atoms with Crippen molar-refractivity contribution in [3.63, 3.8) is 0 Å². The Morgan fingerprint density at radius 3 is 2.03 bits per heavy atom. The summed E-state index contributed by atoms with van der Waals surface area (Å²) in [6.45, 7) is 0. The maximum Gasteiger partial charge on any atom is 0.0538 e. The molecule has 0 aliphatic heterocycles. The summed E-state index contributed by atoms with van der Waals surface area (Å²) >= 11 is 0. The zero-order valence-electron chi connectivity index (χ0n) is 16.9. The van der Waals surface area contributed by atoms with Gasteiger partial charge in [-0.05, 0) is 49.5 Å². The van der Waals surface area contributed by atoms with Crippen molar-refractivity contribution in [2.24, 2.45) is 0 Å². The van der Waals surface area contributed by atoms with Gasteiger partial charge in [0.05, 0.1) is 5.52 Å². The van der Waals surface area contributed by atoms with Crippen LogP contribution in [0.15, 0.2) is 97.1 Å². The maximum atomic E-state index is 3.61. The summed E-state index contributed by atoms with van der Waals surface area (Å²) in [5.41, 5.74) is 4.83. The van der Waals surface area contributed by atoms with E-state index in [1.54, 1.807) is 0 Å². The van der Waals surface area contributed by atoms with Crippen LogP contribution in [0.1, 0.15) is 11.1 Å². The summed E-state index contributed by atoms with van der Waals surface area (Å²) in [6, 6.07) is 35.1. The van der Waals surface area contributed by atoms with Gasteiger partial charge in [-0.15, -0.1) is 0 Å². The second-order valence-electron chi connectivity index (χ2n) is 8.28. The van der Waals surface area contributed by atoms with Gasteiger partial charge < -0.3 is 4.98 Å². The third-order valence-electron chi connectivity index (χ3n) is 6.58. The number of aromatic amines is 1. The minimum Gasteiger partial charge on any atom is -0.354 e. The first kappa shape index (κ1) is 16.7. The third-order valence-corrected chi connectivity index (χ3v) is 6.58. The first-order valence-corrected chi connectivity index (χ1v) is 10.7. The minimum atomic E-state index is 1.18. The number of nitrogens with one attached hydrogen (secondary N) is 1. The molecule has 7 aromatic rings. The molecule has 0 aliphatic rings. The molecule has 0 amide bonds. The van der Waals surface area contributed by atoms with E-state index in [0.29, 0.717) is 0 Å². The molecule has 0 atom stereocenters. The quantitative estimate of drug-likeness (QED) is 0.224. The second-order valence-corrected chi connectivity index (χ2v) is 8.28. The summed E-state index contributed by atoms with van der Waals surface area (Å²) in [6.07, 6.45) is 4.50. The molecule has 7 rings (SSSR count). The predicted molar refractivity (Wildman–Crippen MR) is 135 cm³/mol. The van der Waals surface area contributed by atoms with E-state index in [1.165, 1.54) is 65.3 Å². The van der Waals surface area contributed by atoms with Crippen LogP contribution in [0.2, 0.25) is 0 Å². The molecule has 1 heterocycles. The topological polar surface area (TPSA) is 15.8 Å². The van der Waals surface area contributed by atoms with Gasteiger partial charge in [0.2, 0.25) is 0 Å². The second kappa shape index (κ2) is 6.20. The highest BCUT2D eigenvalue weighted by atomic mass is 14.7. The standard InChI is InChI=1S/C30H19N/c1-2-10-27-25(8-1)26-9-4-7-23(30(26)31-27)16-12-19-11-13-22-15-14-20-5-3-6-21-17-18-24(19)29(22)28(20)21/h1-18,31H. The molecule has 1 N–H and O–H groups in total. The number of rotatable bonds is 2. The van der Waals surface area contributed by atoms with Crippen LogP contribution in [0.5, 0.6) is 0 Å². The zero-order chi connectivity index (χ0) is 20.4. The van der Waals surface area contributed by atoms with Gasteiger partial charge in [0.1, 0.15) is 0 Å². The summed E-state index contributed by atoms with van der Waals surface area (Å²) in [7, 11) is 0. The largest absolute Gasteiger partial charge is 0.354 e. The fourth-order valence-electron chi connectivity index (χ4n) is 5.12. The summed E-state index contributed by atoms with van der Waals surface area (Å²) in [5.74, 6) is 0. The van der Waals surface area contributed by atoms with Gasteiger partial charge in [0.25, 0.3) is 0 Å². The van der Waals surface area contributed by atoms with E-state index in [-0.39, 0.29) is 0 Å². The van der Waals surface area contributed by atoms with Gasteiger partial charge in [-0.1, -0.05) is 103 Å². The van der Waals surface area contributed by atoms with Crippen LogP contribution in [-0.2, 0) is 0 Å². The Labute approximate surface area is 179 Å². The normalized spacial score (nSPS) is 12.4. The molecule has 1 heteroatoms. The molecule has 0 fully saturated rings. The van der Waals surface area contributed by atoms with Crippen LogP contribution in [0.4, 0.5) is 0 Å². The average molecular weight is 393 g/mol. The third kappa shape index (κ3) is 2.38. The van der Waals surface area contributed by atoms with Gasteiger partial charge in [-0.3, -0.25) is 0 Å². The van der Waals surface area contributed by atoms with Crippen molar-refractivity contribution in [2.45, 2.75) is 0 Å². The van der Waals surface area contributed by atoms with Crippen molar-refractivity contribution >= 4 is 66.3 Å². The van der Waals surface area contributed by atoms with Crippen molar-refractivity contribution < 1.29 is 0 Å². The Morgan fingerprint density at radius 2 is 1.13 bits per heavy atom.